The van der Waals surface area contributed by atoms with E-state index in [-0.39, 0.29) is 0 Å². The lowest BCUT2D eigenvalue weighted by Gasteiger charge is -2.32. The Bertz CT molecular complexity index is 2490. The van der Waals surface area contributed by atoms with Crippen LogP contribution in [0.25, 0.3) is 0 Å². The molecule has 0 aliphatic heterocycles. The summed E-state index contributed by atoms with van der Waals surface area (Å²) < 4.78 is 0. The van der Waals surface area contributed by atoms with E-state index in [1.54, 1.807) is 0 Å². The minimum absolute atomic E-state index is 0.787. The molecule has 6 nitrogen and oxygen atoms in total. The second-order valence-electron chi connectivity index (χ2n) is 30.8. The van der Waals surface area contributed by atoms with Crippen LogP contribution in [0.4, 0.5) is 56.9 Å². The molecule has 5 aromatic carbocycles. The van der Waals surface area contributed by atoms with Crippen molar-refractivity contribution in [2.24, 2.45) is 0 Å². The van der Waals surface area contributed by atoms with Crippen molar-refractivity contribution in [1.29, 1.82) is 0 Å². The molecule has 0 spiro atoms. The van der Waals surface area contributed by atoms with Crippen molar-refractivity contribution in [3.8, 4) is 0 Å². The van der Waals surface area contributed by atoms with E-state index >= 15 is 0 Å². The first kappa shape index (κ1) is 90.7. The van der Waals surface area contributed by atoms with Crippen molar-refractivity contribution in [3.05, 3.63) is 117 Å². The molecule has 0 saturated heterocycles. The van der Waals surface area contributed by atoms with E-state index in [2.05, 4.69) is 182 Å². The van der Waals surface area contributed by atoms with Crippen LogP contribution in [0.2, 0.25) is 20.1 Å². The largest absolute Gasteiger partial charge is 0.370 e. The second-order valence-corrected chi connectivity index (χ2v) is 32.4. The van der Waals surface area contributed by atoms with E-state index in [0.29, 0.717) is 0 Å². The predicted molar refractivity (Wildman–Crippen MR) is 472 cm³/mol. The third-order valence-electron chi connectivity index (χ3n) is 21.7. The molecule has 0 unspecified atom stereocenters. The van der Waals surface area contributed by atoms with E-state index in [1.165, 1.54) is 308 Å². The molecule has 0 bridgehead atoms. The lowest BCUT2D eigenvalue weighted by atomic mass is 10.1. The Morgan fingerprint density at radius 1 is 0.173 bits per heavy atom. The number of hydrogen-bond donors (Lipinski definition) is 0. The molecule has 0 radical (unpaired) electrons. The van der Waals surface area contributed by atoms with Crippen LogP contribution in [0, 0.1) is 0 Å². The average molecular weight is 1510 g/mol. The van der Waals surface area contributed by atoms with Gasteiger partial charge in [0.2, 0.25) is 0 Å². The summed E-state index contributed by atoms with van der Waals surface area (Å²) in [7, 11) is 0. The molecule has 586 valence electrons. The van der Waals surface area contributed by atoms with Crippen LogP contribution in [-0.4, -0.2) is 52.4 Å². The summed E-state index contributed by atoms with van der Waals surface area (Å²) in [5.41, 5.74) is 10.6. The molecule has 0 heterocycles. The highest BCUT2D eigenvalue weighted by atomic mass is 35.5. The van der Waals surface area contributed by atoms with Crippen molar-refractivity contribution in [3.63, 3.8) is 0 Å². The summed E-state index contributed by atoms with van der Waals surface area (Å²) in [5.74, 6) is 0. The minimum Gasteiger partial charge on any atom is -0.370 e. The Labute approximate surface area is 661 Å². The Balaban J connectivity index is 1.67. The van der Waals surface area contributed by atoms with Crippen LogP contribution in [0.1, 0.15) is 364 Å². The molecule has 5 aromatic rings. The van der Waals surface area contributed by atoms with Crippen LogP contribution in [0.3, 0.4) is 0 Å². The molecule has 0 aliphatic carbocycles. The normalized spacial score (nSPS) is 11.5. The fourth-order valence-corrected chi connectivity index (χ4v) is 16.5. The Hall–Kier alpha value is -3.94. The number of hydrogen-bond acceptors (Lipinski definition) is 6. The highest BCUT2D eigenvalue weighted by Crippen LogP contribution is 2.46. The van der Waals surface area contributed by atoms with Crippen LogP contribution in [0.5, 0.6) is 0 Å². The van der Waals surface area contributed by atoms with Crippen molar-refractivity contribution >= 4 is 103 Å². The monoisotopic (exact) mass is 1510 g/mol. The number of rotatable bonds is 66. The number of unbranched alkanes of at least 4 members (excludes halogenated alkanes) is 40. The smallest absolute Gasteiger partial charge is 0.0660 e. The van der Waals surface area contributed by atoms with Gasteiger partial charge in [-0.1, -0.05) is 359 Å². The van der Waals surface area contributed by atoms with Gasteiger partial charge in [-0.2, -0.15) is 0 Å². The first-order chi connectivity index (χ1) is 51.1. The number of halogens is 4. The highest BCUT2D eigenvalue weighted by Gasteiger charge is 2.24. The molecule has 5 rings (SSSR count). The van der Waals surface area contributed by atoms with Gasteiger partial charge in [0.15, 0.2) is 0 Å². The van der Waals surface area contributed by atoms with E-state index in [0.717, 1.165) is 129 Å². The Morgan fingerprint density at radius 2 is 0.308 bits per heavy atom. The van der Waals surface area contributed by atoms with Gasteiger partial charge < -0.3 is 29.4 Å². The maximum atomic E-state index is 7.73. The highest BCUT2D eigenvalue weighted by molar-refractivity contribution is 6.35. The van der Waals surface area contributed by atoms with Crippen molar-refractivity contribution in [2.75, 3.05) is 81.8 Å². The summed E-state index contributed by atoms with van der Waals surface area (Å²) in [5, 5.41) is 3.15. The van der Waals surface area contributed by atoms with Gasteiger partial charge in [0.25, 0.3) is 0 Å². The Morgan fingerprint density at radius 3 is 0.452 bits per heavy atom. The standard InChI is InChI=1S/C94H152Cl4N6/c1-9-17-25-33-41-49-69-99(70-50-42-34-26-18-10-2)91-65-61-83(77-87(91)95)103(84-62-66-92(88(96)78-84)100(71-51-43-35-27-19-11-3)72-52-44-36-28-20-12-4)81-57-59-82(60-58-81)104(85-63-67-93(89(97)79-85)101(73-53-45-37-29-21-13-5)74-54-46-38-30-22-14-6)86-64-68-94(90(98)80-86)102(75-55-47-39-31-23-15-7)76-56-48-40-32-24-16-8/h57-68,77-80H,9-56,69-76H2,1-8H3. The quantitative estimate of drug-likeness (QED) is 0.0359. The second kappa shape index (κ2) is 58.1. The Kier molecular flexibility index (Phi) is 50.6. The fraction of sp³-hybridized carbons (Fsp3) is 0.681. The van der Waals surface area contributed by atoms with Gasteiger partial charge in [0.1, 0.15) is 0 Å². The predicted octanol–water partition coefficient (Wildman–Crippen LogP) is 33.3. The van der Waals surface area contributed by atoms with Gasteiger partial charge in [-0.25, -0.2) is 0 Å². The van der Waals surface area contributed by atoms with E-state index in [1.807, 2.05) is 0 Å². The summed E-state index contributed by atoms with van der Waals surface area (Å²) in [6, 6.07) is 36.5. The van der Waals surface area contributed by atoms with Crippen LogP contribution in [0.15, 0.2) is 97.1 Å². The van der Waals surface area contributed by atoms with Gasteiger partial charge in [0.05, 0.1) is 42.8 Å². The molecular weight excluding hydrogens is 1350 g/mol. The fourth-order valence-electron chi connectivity index (χ4n) is 15.3. The number of benzene rings is 5. The minimum atomic E-state index is 0.787. The number of anilines is 10. The molecule has 0 atom stereocenters. The summed E-state index contributed by atoms with van der Waals surface area (Å²) >= 11 is 30.9. The topological polar surface area (TPSA) is 19.4 Å². The average Bonchev–Trinajstić information content (AvgIpc) is 0.798. The summed E-state index contributed by atoms with van der Waals surface area (Å²) in [6.07, 6.45) is 61.0. The molecule has 104 heavy (non-hydrogen) atoms. The first-order valence-electron chi connectivity index (χ1n) is 44.0. The van der Waals surface area contributed by atoms with Crippen molar-refractivity contribution in [2.45, 2.75) is 364 Å². The van der Waals surface area contributed by atoms with E-state index < -0.39 is 0 Å². The van der Waals surface area contributed by atoms with Gasteiger partial charge in [-0.05, 0) is 148 Å². The SMILES string of the molecule is CCCCCCCCN(CCCCCCCC)c1ccc(N(c2ccc(N(c3ccc(N(CCCCCCCC)CCCCCCCC)c(Cl)c3)c3ccc(N(CCCCCCCC)CCCCCCCC)c(Cl)c3)cc2)c2ccc(N(CCCCCCCC)CCCCCCCC)c(Cl)c2)cc1Cl. The zero-order valence-corrected chi connectivity index (χ0v) is 71.1. The van der Waals surface area contributed by atoms with Crippen molar-refractivity contribution < 1.29 is 0 Å². The lowest BCUT2D eigenvalue weighted by Crippen LogP contribution is -2.26. The van der Waals surface area contributed by atoms with Crippen LogP contribution >= 0.6 is 46.4 Å². The summed E-state index contributed by atoms with van der Waals surface area (Å²) in [4.78, 5) is 15.1. The molecule has 0 fully saturated rings. The van der Waals surface area contributed by atoms with Crippen LogP contribution < -0.4 is 29.4 Å². The van der Waals surface area contributed by atoms with Crippen molar-refractivity contribution in [1.82, 2.24) is 0 Å². The van der Waals surface area contributed by atoms with E-state index in [9.17, 15) is 0 Å². The maximum Gasteiger partial charge on any atom is 0.0660 e. The summed E-state index contributed by atoms with van der Waals surface area (Å²) in [6.45, 7) is 26.6. The number of nitrogens with zero attached hydrogens (tertiary/aromatic N) is 6. The molecule has 10 heteroatoms. The molecule has 0 saturated carbocycles. The maximum absolute atomic E-state index is 7.73. The molecular formula is C94H152Cl4N6. The third kappa shape index (κ3) is 35.2. The van der Waals surface area contributed by atoms with Gasteiger partial charge in [0, 0.05) is 86.5 Å². The molecule has 0 amide bonds. The third-order valence-corrected chi connectivity index (χ3v) is 23.0. The van der Waals surface area contributed by atoms with Crippen LogP contribution in [-0.2, 0) is 0 Å². The molecule has 0 aliphatic rings. The molecule has 0 N–H and O–H groups in total. The van der Waals surface area contributed by atoms with Gasteiger partial charge in [-0.15, -0.1) is 0 Å². The van der Waals surface area contributed by atoms with Gasteiger partial charge in [-0.3, -0.25) is 0 Å². The molecule has 0 aromatic heterocycles. The van der Waals surface area contributed by atoms with Gasteiger partial charge >= 0.3 is 0 Å². The zero-order valence-electron chi connectivity index (χ0n) is 68.0. The zero-order chi connectivity index (χ0) is 74.5. The first-order valence-corrected chi connectivity index (χ1v) is 45.5. The van der Waals surface area contributed by atoms with E-state index in [4.69, 9.17) is 46.4 Å². The lowest BCUT2D eigenvalue weighted by molar-refractivity contribution is 0.575.